The van der Waals surface area contributed by atoms with E-state index in [-0.39, 0.29) is 11.5 Å². The summed E-state index contributed by atoms with van der Waals surface area (Å²) in [7, 11) is 0. The molecule has 31 heavy (non-hydrogen) atoms. The van der Waals surface area contributed by atoms with Crippen LogP contribution < -0.4 is 9.62 Å². The Bertz CT molecular complexity index is 1130. The number of aromatic nitrogens is 1. The predicted octanol–water partition coefficient (Wildman–Crippen LogP) is 4.17. The van der Waals surface area contributed by atoms with Crippen LogP contribution in [0, 0.1) is 6.92 Å². The molecule has 1 unspecified atom stereocenters. The summed E-state index contributed by atoms with van der Waals surface area (Å²) in [4.78, 5) is 26.9. The normalized spacial score (nSPS) is 11.7. The fourth-order valence-corrected chi connectivity index (χ4v) is 4.90. The molecule has 1 aromatic heterocycles. The van der Waals surface area contributed by atoms with Crippen molar-refractivity contribution in [3.8, 4) is 0 Å². The van der Waals surface area contributed by atoms with Crippen LogP contribution in [0.3, 0.4) is 0 Å². The van der Waals surface area contributed by atoms with E-state index in [0.717, 1.165) is 22.5 Å². The summed E-state index contributed by atoms with van der Waals surface area (Å²) in [6, 6.07) is 14.0. The zero-order valence-electron chi connectivity index (χ0n) is 16.9. The molecule has 0 aliphatic carbocycles. The zero-order chi connectivity index (χ0) is 22.5. The van der Waals surface area contributed by atoms with E-state index in [0.29, 0.717) is 34.4 Å². The predicted molar refractivity (Wildman–Crippen MR) is 121 cm³/mol. The third-order valence-electron chi connectivity index (χ3n) is 4.50. The van der Waals surface area contributed by atoms with Crippen molar-refractivity contribution in [3.63, 3.8) is 0 Å². The van der Waals surface area contributed by atoms with Gasteiger partial charge in [0.15, 0.2) is 5.13 Å². The van der Waals surface area contributed by atoms with Gasteiger partial charge in [-0.3, -0.25) is 9.35 Å². The summed E-state index contributed by atoms with van der Waals surface area (Å²) < 4.78 is 23.2. The van der Waals surface area contributed by atoms with Gasteiger partial charge in [-0.25, -0.2) is 18.3 Å². The van der Waals surface area contributed by atoms with E-state index in [1.807, 2.05) is 18.2 Å². The monoisotopic (exact) mass is 459 g/mol. The molecule has 8 nitrogen and oxygen atoms in total. The number of aryl methyl sites for hydroxylation is 3. The summed E-state index contributed by atoms with van der Waals surface area (Å²) in [5.74, 6) is -1.23. The van der Waals surface area contributed by atoms with Crippen LogP contribution in [-0.2, 0) is 28.9 Å². The molecule has 1 heterocycles. The number of carbonyl (C=O) groups excluding carboxylic acids is 1. The molecule has 162 valence electrons. The number of nitrogens with zero attached hydrogens (tertiary/aromatic N) is 2. The maximum Gasteiger partial charge on any atom is 0.335 e. The fraction of sp³-hybridized carbons (Fsp3) is 0.190. The lowest BCUT2D eigenvalue weighted by atomic mass is 10.00. The molecular weight excluding hydrogens is 438 g/mol. The van der Waals surface area contributed by atoms with Gasteiger partial charge < -0.3 is 10.4 Å². The highest BCUT2D eigenvalue weighted by Crippen LogP contribution is 2.37. The van der Waals surface area contributed by atoms with Crippen molar-refractivity contribution in [2.75, 3.05) is 9.62 Å². The molecule has 0 radical (unpaired) electrons. The van der Waals surface area contributed by atoms with Crippen LogP contribution in [0.15, 0.2) is 48.5 Å². The quantitative estimate of drug-likeness (QED) is 0.435. The second kappa shape index (κ2) is 9.82. The molecular formula is C21H21N3O5S2. The summed E-state index contributed by atoms with van der Waals surface area (Å²) in [5, 5.41) is 12.7. The number of carboxylic acids is 1. The van der Waals surface area contributed by atoms with E-state index in [2.05, 4.69) is 10.3 Å². The minimum Gasteiger partial charge on any atom is -0.478 e. The van der Waals surface area contributed by atoms with Gasteiger partial charge in [0.25, 0.3) is 11.3 Å². The topological polar surface area (TPSA) is 120 Å². The van der Waals surface area contributed by atoms with Crippen molar-refractivity contribution >= 4 is 50.3 Å². The number of nitrogens with one attached hydrogen (secondary N) is 1. The van der Waals surface area contributed by atoms with E-state index in [1.54, 1.807) is 37.3 Å². The molecule has 3 N–H and O–H groups in total. The Balaban J connectivity index is 1.79. The van der Waals surface area contributed by atoms with Crippen LogP contribution in [0.5, 0.6) is 0 Å². The molecule has 3 rings (SSSR count). The Morgan fingerprint density at radius 1 is 1.13 bits per heavy atom. The maximum absolute atomic E-state index is 12.1. The highest BCUT2D eigenvalue weighted by atomic mass is 32.2. The minimum absolute atomic E-state index is 0.272. The number of hydrogen-bond donors (Lipinski definition) is 3. The molecule has 0 bridgehead atoms. The van der Waals surface area contributed by atoms with Crippen molar-refractivity contribution in [2.45, 2.75) is 26.7 Å². The number of amides is 1. The summed E-state index contributed by atoms with van der Waals surface area (Å²) in [5.41, 5.74) is 3.02. The van der Waals surface area contributed by atoms with E-state index < -0.39 is 17.2 Å². The van der Waals surface area contributed by atoms with E-state index >= 15 is 0 Å². The van der Waals surface area contributed by atoms with Crippen LogP contribution in [0.4, 0.5) is 15.8 Å². The third-order valence-corrected chi connectivity index (χ3v) is 6.38. The number of thiazole rings is 1. The van der Waals surface area contributed by atoms with Gasteiger partial charge in [0.2, 0.25) is 5.91 Å². The van der Waals surface area contributed by atoms with Gasteiger partial charge in [-0.2, -0.15) is 0 Å². The Kier molecular flexibility index (Phi) is 7.16. The number of carboxylic acid groups (broad SMARTS) is 1. The first-order valence-corrected chi connectivity index (χ1v) is 11.2. The first kappa shape index (κ1) is 22.6. The SMILES string of the molecule is CC(=O)Nc1nc(C)c(N(c2ccc(CCc3ccccc3C(=O)O)cc2)S(=O)O)s1. The Labute approximate surface area is 186 Å². The lowest BCUT2D eigenvalue weighted by molar-refractivity contribution is -0.114. The molecule has 10 heteroatoms. The molecule has 1 atom stereocenters. The lowest BCUT2D eigenvalue weighted by Crippen LogP contribution is -2.19. The molecule has 0 saturated carbocycles. The molecule has 0 aliphatic heterocycles. The second-order valence-corrected chi connectivity index (χ2v) is 8.55. The number of rotatable bonds is 8. The van der Waals surface area contributed by atoms with Crippen molar-refractivity contribution in [1.82, 2.24) is 4.98 Å². The van der Waals surface area contributed by atoms with Gasteiger partial charge in [-0.1, -0.05) is 41.7 Å². The molecule has 3 aromatic rings. The van der Waals surface area contributed by atoms with Crippen LogP contribution in [-0.4, -0.2) is 30.7 Å². The molecule has 2 aromatic carbocycles. The summed E-state index contributed by atoms with van der Waals surface area (Å²) in [6.45, 7) is 3.07. The van der Waals surface area contributed by atoms with E-state index in [4.69, 9.17) is 0 Å². The average Bonchev–Trinajstić information content (AvgIpc) is 3.06. The minimum atomic E-state index is -2.34. The largest absolute Gasteiger partial charge is 0.478 e. The second-order valence-electron chi connectivity index (χ2n) is 6.74. The standard InChI is InChI=1S/C21H21N3O5S2/c1-13-19(30-21(22-13)23-14(2)25)24(31(28)29)17-11-8-15(9-12-17)7-10-16-5-3-4-6-18(16)20(26)27/h3-6,8-9,11-12H,7,10H2,1-2H3,(H,26,27)(H,28,29)(H,22,23,25). The van der Waals surface area contributed by atoms with Crippen molar-refractivity contribution < 1.29 is 23.5 Å². The van der Waals surface area contributed by atoms with Gasteiger partial charge in [-0.15, -0.1) is 0 Å². The van der Waals surface area contributed by atoms with Gasteiger partial charge in [-0.05, 0) is 49.1 Å². The highest BCUT2D eigenvalue weighted by Gasteiger charge is 2.22. The Hall–Kier alpha value is -3.08. The van der Waals surface area contributed by atoms with Gasteiger partial charge in [0, 0.05) is 6.92 Å². The van der Waals surface area contributed by atoms with E-state index in [9.17, 15) is 23.5 Å². The van der Waals surface area contributed by atoms with E-state index in [1.165, 1.54) is 11.2 Å². The van der Waals surface area contributed by atoms with Crippen LogP contribution in [0.25, 0.3) is 0 Å². The number of aromatic carboxylic acids is 1. The summed E-state index contributed by atoms with van der Waals surface area (Å²) >= 11 is -1.23. The molecule has 0 saturated heterocycles. The molecule has 0 fully saturated rings. The van der Waals surface area contributed by atoms with Gasteiger partial charge in [0.1, 0.15) is 5.00 Å². The first-order chi connectivity index (χ1) is 14.8. The lowest BCUT2D eigenvalue weighted by Gasteiger charge is -2.19. The molecule has 0 spiro atoms. The van der Waals surface area contributed by atoms with Gasteiger partial charge in [0.05, 0.1) is 16.9 Å². The van der Waals surface area contributed by atoms with Crippen LogP contribution >= 0.6 is 11.3 Å². The Morgan fingerprint density at radius 3 is 2.42 bits per heavy atom. The summed E-state index contributed by atoms with van der Waals surface area (Å²) in [6.07, 6.45) is 1.19. The third kappa shape index (κ3) is 5.54. The van der Waals surface area contributed by atoms with Crippen molar-refractivity contribution in [2.24, 2.45) is 0 Å². The van der Waals surface area contributed by atoms with Crippen molar-refractivity contribution in [3.05, 3.63) is 70.9 Å². The van der Waals surface area contributed by atoms with Crippen LogP contribution in [0.2, 0.25) is 0 Å². The number of benzene rings is 2. The van der Waals surface area contributed by atoms with Gasteiger partial charge >= 0.3 is 5.97 Å². The molecule has 0 aliphatic rings. The Morgan fingerprint density at radius 2 is 1.81 bits per heavy atom. The molecule has 1 amide bonds. The fourth-order valence-electron chi connectivity index (χ4n) is 3.08. The maximum atomic E-state index is 12.1. The highest BCUT2D eigenvalue weighted by molar-refractivity contribution is 7.81. The zero-order valence-corrected chi connectivity index (χ0v) is 18.5. The number of anilines is 3. The van der Waals surface area contributed by atoms with Crippen molar-refractivity contribution in [1.29, 1.82) is 0 Å². The van der Waals surface area contributed by atoms with Crippen LogP contribution in [0.1, 0.15) is 34.1 Å². The number of hydrogen-bond acceptors (Lipinski definition) is 5. The first-order valence-electron chi connectivity index (χ1n) is 9.32. The number of carbonyl (C=O) groups is 2. The average molecular weight is 460 g/mol. The smallest absolute Gasteiger partial charge is 0.335 e.